The third-order valence-electron chi connectivity index (χ3n) is 2.29. The Morgan fingerprint density at radius 2 is 2.24 bits per heavy atom. The molecule has 0 heterocycles. The van der Waals surface area contributed by atoms with Crippen molar-refractivity contribution in [2.45, 2.75) is 6.92 Å². The summed E-state index contributed by atoms with van der Waals surface area (Å²) in [7, 11) is 1.56. The minimum Gasteiger partial charge on any atom is -0.409 e. The highest BCUT2D eigenvalue weighted by Gasteiger charge is 2.13. The molecule has 0 fully saturated rings. The van der Waals surface area contributed by atoms with Crippen LogP contribution in [0.15, 0.2) is 23.4 Å². The predicted molar refractivity (Wildman–Crippen MR) is 66.6 cm³/mol. The number of carbonyl (C=O) groups is 1. The highest BCUT2D eigenvalue weighted by atomic mass is 35.5. The lowest BCUT2D eigenvalue weighted by Gasteiger charge is -2.16. The summed E-state index contributed by atoms with van der Waals surface area (Å²) in [5.74, 6) is -0.266. The smallest absolute Gasteiger partial charge is 0.254 e. The lowest BCUT2D eigenvalue weighted by molar-refractivity contribution is 0.0813. The maximum atomic E-state index is 11.9. The minimum absolute atomic E-state index is 0.0286. The molecule has 0 aliphatic rings. The topological polar surface area (TPSA) is 78.9 Å². The first-order chi connectivity index (χ1) is 7.95. The van der Waals surface area contributed by atoms with Gasteiger partial charge in [0.1, 0.15) is 0 Å². The minimum atomic E-state index is -0.237. The molecule has 0 atom stereocenters. The van der Waals surface area contributed by atoms with Crippen LogP contribution in [0.1, 0.15) is 15.9 Å². The van der Waals surface area contributed by atoms with Crippen molar-refractivity contribution >= 4 is 23.3 Å². The zero-order chi connectivity index (χ0) is 13.0. The molecule has 6 heteroatoms. The number of halogens is 1. The van der Waals surface area contributed by atoms with Crippen LogP contribution in [-0.4, -0.2) is 35.4 Å². The molecule has 17 heavy (non-hydrogen) atoms. The molecular weight excluding hydrogens is 242 g/mol. The Bertz CT molecular complexity index is 460. The lowest BCUT2D eigenvalue weighted by Crippen LogP contribution is -2.35. The standard InChI is InChI=1S/C11H14ClN3O2/c1-7-3-4-8(5-9(7)12)11(16)15(2)6-10(13)14-17/h3-5,17H,6H2,1-2H3,(H2,13,14). The number of oxime groups is 1. The normalized spacial score (nSPS) is 11.4. The van der Waals surface area contributed by atoms with Gasteiger partial charge in [0.15, 0.2) is 5.84 Å². The molecule has 0 saturated heterocycles. The fourth-order valence-electron chi connectivity index (χ4n) is 1.29. The van der Waals surface area contributed by atoms with Crippen molar-refractivity contribution in [3.05, 3.63) is 34.3 Å². The molecule has 0 saturated carbocycles. The van der Waals surface area contributed by atoms with Crippen LogP contribution < -0.4 is 5.73 Å². The zero-order valence-electron chi connectivity index (χ0n) is 9.64. The molecule has 1 aromatic carbocycles. The Balaban J connectivity index is 2.85. The van der Waals surface area contributed by atoms with Gasteiger partial charge in [0.05, 0.1) is 6.54 Å². The molecule has 0 aliphatic heterocycles. The van der Waals surface area contributed by atoms with E-state index in [1.165, 1.54) is 4.90 Å². The van der Waals surface area contributed by atoms with Gasteiger partial charge in [0.25, 0.3) is 5.91 Å². The van der Waals surface area contributed by atoms with Crippen LogP contribution in [0.4, 0.5) is 0 Å². The maximum Gasteiger partial charge on any atom is 0.254 e. The maximum absolute atomic E-state index is 11.9. The number of hydrogen-bond donors (Lipinski definition) is 2. The summed E-state index contributed by atoms with van der Waals surface area (Å²) < 4.78 is 0. The van der Waals surface area contributed by atoms with Crippen LogP contribution in [0.25, 0.3) is 0 Å². The van der Waals surface area contributed by atoms with Gasteiger partial charge in [-0.15, -0.1) is 0 Å². The number of likely N-dealkylation sites (N-methyl/N-ethyl adjacent to an activating group) is 1. The number of amides is 1. The van der Waals surface area contributed by atoms with Crippen LogP contribution in [0.5, 0.6) is 0 Å². The summed E-state index contributed by atoms with van der Waals surface area (Å²) >= 11 is 5.94. The van der Waals surface area contributed by atoms with Crippen molar-refractivity contribution < 1.29 is 10.0 Å². The summed E-state index contributed by atoms with van der Waals surface area (Å²) in [6.45, 7) is 1.91. The summed E-state index contributed by atoms with van der Waals surface area (Å²) in [6, 6.07) is 5.06. The van der Waals surface area contributed by atoms with E-state index >= 15 is 0 Å². The number of nitrogens with zero attached hydrogens (tertiary/aromatic N) is 2. The highest BCUT2D eigenvalue weighted by molar-refractivity contribution is 6.31. The lowest BCUT2D eigenvalue weighted by atomic mass is 10.1. The number of benzene rings is 1. The van der Waals surface area contributed by atoms with Crippen molar-refractivity contribution in [3.63, 3.8) is 0 Å². The largest absolute Gasteiger partial charge is 0.409 e. The summed E-state index contributed by atoms with van der Waals surface area (Å²) in [5, 5.41) is 11.8. The highest BCUT2D eigenvalue weighted by Crippen LogP contribution is 2.17. The Morgan fingerprint density at radius 1 is 1.59 bits per heavy atom. The number of aryl methyl sites for hydroxylation is 1. The third kappa shape index (κ3) is 3.35. The van der Waals surface area contributed by atoms with Crippen LogP contribution in [0, 0.1) is 6.92 Å². The van der Waals surface area contributed by atoms with Crippen molar-refractivity contribution in [1.29, 1.82) is 0 Å². The SMILES string of the molecule is Cc1ccc(C(=O)N(C)CC(N)=NO)cc1Cl. The van der Waals surface area contributed by atoms with E-state index in [1.807, 2.05) is 6.92 Å². The van der Waals surface area contributed by atoms with Gasteiger partial charge < -0.3 is 15.8 Å². The van der Waals surface area contributed by atoms with Crippen molar-refractivity contribution in [2.24, 2.45) is 10.9 Å². The number of rotatable bonds is 3. The van der Waals surface area contributed by atoms with E-state index in [4.69, 9.17) is 22.5 Å². The van der Waals surface area contributed by atoms with Crippen LogP contribution >= 0.6 is 11.6 Å². The van der Waals surface area contributed by atoms with Gasteiger partial charge in [-0.25, -0.2) is 0 Å². The molecule has 0 bridgehead atoms. The summed E-state index contributed by atoms with van der Waals surface area (Å²) in [4.78, 5) is 13.3. The van der Waals surface area contributed by atoms with E-state index in [-0.39, 0.29) is 18.3 Å². The van der Waals surface area contributed by atoms with Crippen molar-refractivity contribution in [2.75, 3.05) is 13.6 Å². The molecule has 0 unspecified atom stereocenters. The van der Waals surface area contributed by atoms with Gasteiger partial charge in [-0.3, -0.25) is 4.79 Å². The fourth-order valence-corrected chi connectivity index (χ4v) is 1.47. The molecule has 5 nitrogen and oxygen atoms in total. The first-order valence-corrected chi connectivity index (χ1v) is 5.31. The van der Waals surface area contributed by atoms with E-state index in [2.05, 4.69) is 5.16 Å². The molecule has 92 valence electrons. The van der Waals surface area contributed by atoms with Crippen molar-refractivity contribution in [3.8, 4) is 0 Å². The molecule has 1 amide bonds. The molecule has 1 rings (SSSR count). The average Bonchev–Trinajstić information content (AvgIpc) is 2.31. The van der Waals surface area contributed by atoms with Gasteiger partial charge in [0.2, 0.25) is 0 Å². The Morgan fingerprint density at radius 3 is 2.76 bits per heavy atom. The molecule has 1 aromatic rings. The first kappa shape index (κ1) is 13.3. The Hall–Kier alpha value is -1.75. The number of nitrogens with two attached hydrogens (primary N) is 1. The zero-order valence-corrected chi connectivity index (χ0v) is 10.4. The van der Waals surface area contributed by atoms with Gasteiger partial charge >= 0.3 is 0 Å². The monoisotopic (exact) mass is 255 g/mol. The first-order valence-electron chi connectivity index (χ1n) is 4.93. The van der Waals surface area contributed by atoms with Crippen LogP contribution in [0.3, 0.4) is 0 Å². The molecular formula is C11H14ClN3O2. The van der Waals surface area contributed by atoms with E-state index in [9.17, 15) is 4.79 Å². The molecule has 3 N–H and O–H groups in total. The van der Waals surface area contributed by atoms with Crippen molar-refractivity contribution in [1.82, 2.24) is 4.90 Å². The van der Waals surface area contributed by atoms with Gasteiger partial charge in [-0.1, -0.05) is 22.8 Å². The van der Waals surface area contributed by atoms with Gasteiger partial charge in [-0.2, -0.15) is 0 Å². The van der Waals surface area contributed by atoms with E-state index in [0.29, 0.717) is 10.6 Å². The van der Waals surface area contributed by atoms with E-state index < -0.39 is 0 Å². The third-order valence-corrected chi connectivity index (χ3v) is 2.70. The number of hydrogen-bond acceptors (Lipinski definition) is 3. The Kier molecular flexibility index (Phi) is 4.34. The average molecular weight is 256 g/mol. The second kappa shape index (κ2) is 5.54. The second-order valence-corrected chi connectivity index (χ2v) is 4.12. The molecule has 0 aliphatic carbocycles. The van der Waals surface area contributed by atoms with Gasteiger partial charge in [-0.05, 0) is 24.6 Å². The predicted octanol–water partition coefficient (Wildman–Crippen LogP) is 1.47. The fraction of sp³-hybridized carbons (Fsp3) is 0.273. The Labute approximate surface area is 104 Å². The molecule has 0 aromatic heterocycles. The van der Waals surface area contributed by atoms with E-state index in [0.717, 1.165) is 5.56 Å². The molecule has 0 radical (unpaired) electrons. The van der Waals surface area contributed by atoms with Crippen LogP contribution in [-0.2, 0) is 0 Å². The quantitative estimate of drug-likeness (QED) is 0.372. The van der Waals surface area contributed by atoms with Gasteiger partial charge in [0, 0.05) is 17.6 Å². The second-order valence-electron chi connectivity index (χ2n) is 3.72. The van der Waals surface area contributed by atoms with E-state index in [1.54, 1.807) is 25.2 Å². The van der Waals surface area contributed by atoms with Crippen LogP contribution in [0.2, 0.25) is 5.02 Å². The summed E-state index contributed by atoms with van der Waals surface area (Å²) in [5.41, 5.74) is 6.70. The summed E-state index contributed by atoms with van der Waals surface area (Å²) in [6.07, 6.45) is 0. The number of carbonyl (C=O) groups excluding carboxylic acids is 1. The number of amidine groups is 1. The molecule has 0 spiro atoms.